The Labute approximate surface area is 78.9 Å². The van der Waals surface area contributed by atoms with Crippen molar-refractivity contribution in [3.63, 3.8) is 0 Å². The summed E-state index contributed by atoms with van der Waals surface area (Å²) in [6, 6.07) is 0. The van der Waals surface area contributed by atoms with E-state index in [1.165, 1.54) is 11.5 Å². The van der Waals surface area contributed by atoms with Gasteiger partial charge in [0.1, 0.15) is 0 Å². The van der Waals surface area contributed by atoms with Gasteiger partial charge in [0.2, 0.25) is 0 Å². The molecule has 1 fully saturated rings. The van der Waals surface area contributed by atoms with Crippen LogP contribution in [0.25, 0.3) is 0 Å². The molecular formula is C6H12S4. The van der Waals surface area contributed by atoms with Gasteiger partial charge in [0.15, 0.2) is 0 Å². The first-order valence-corrected chi connectivity index (χ1v) is 8.12. The van der Waals surface area contributed by atoms with Gasteiger partial charge < -0.3 is 0 Å². The van der Waals surface area contributed by atoms with E-state index in [0.29, 0.717) is 0 Å². The van der Waals surface area contributed by atoms with Gasteiger partial charge in [-0.05, 0) is 9.83 Å². The van der Waals surface area contributed by atoms with Crippen LogP contribution in [0.5, 0.6) is 0 Å². The summed E-state index contributed by atoms with van der Waals surface area (Å²) in [6.45, 7) is 4.65. The average Bonchev–Trinajstić information content (AvgIpc) is 1.83. The third kappa shape index (κ3) is 3.69. The van der Waals surface area contributed by atoms with Gasteiger partial charge in [-0.15, -0.1) is 0 Å². The number of hydrogen-bond donors (Lipinski definition) is 0. The highest BCUT2D eigenvalue weighted by Crippen LogP contribution is 2.41. The molecule has 0 saturated carbocycles. The second-order valence-corrected chi connectivity index (χ2v) is 8.60. The lowest BCUT2D eigenvalue weighted by molar-refractivity contribution is 1.07. The van der Waals surface area contributed by atoms with Crippen LogP contribution in [0.1, 0.15) is 13.8 Å². The van der Waals surface area contributed by atoms with Crippen molar-refractivity contribution in [1.29, 1.82) is 0 Å². The van der Waals surface area contributed by atoms with E-state index in [9.17, 15) is 0 Å². The van der Waals surface area contributed by atoms with Crippen molar-refractivity contribution in [2.75, 3.05) is 11.5 Å². The second-order valence-electron chi connectivity index (χ2n) is 2.39. The summed E-state index contributed by atoms with van der Waals surface area (Å²) in [6.07, 6.45) is 0. The predicted molar refractivity (Wildman–Crippen MR) is 59.0 cm³/mol. The maximum Gasteiger partial charge on any atom is 0.0162 e. The highest BCUT2D eigenvalue weighted by molar-refractivity contribution is 9.09. The van der Waals surface area contributed by atoms with E-state index >= 15 is 0 Å². The van der Waals surface area contributed by atoms with E-state index in [4.69, 9.17) is 0 Å². The summed E-state index contributed by atoms with van der Waals surface area (Å²) >= 11 is 2.12. The molecule has 60 valence electrons. The van der Waals surface area contributed by atoms with Gasteiger partial charge in [-0.2, -0.15) is 11.8 Å². The molecule has 0 amide bonds. The molecular weight excluding hydrogens is 200 g/mol. The lowest BCUT2D eigenvalue weighted by atomic mass is 10.5. The first-order chi connectivity index (χ1) is 4.79. The SMILES string of the molecule is CC1CSSSCC(C)S1. The van der Waals surface area contributed by atoms with Gasteiger partial charge in [0.25, 0.3) is 0 Å². The molecule has 0 radical (unpaired) electrons. The van der Waals surface area contributed by atoms with Crippen molar-refractivity contribution in [2.24, 2.45) is 0 Å². The molecule has 1 heterocycles. The molecule has 0 spiro atoms. The summed E-state index contributed by atoms with van der Waals surface area (Å²) in [4.78, 5) is 0. The third-order valence-electron chi connectivity index (χ3n) is 1.17. The zero-order valence-electron chi connectivity index (χ0n) is 6.20. The van der Waals surface area contributed by atoms with E-state index < -0.39 is 0 Å². The molecule has 0 nitrogen and oxygen atoms in total. The summed E-state index contributed by atoms with van der Waals surface area (Å²) in [7, 11) is 5.95. The standard InChI is InChI=1S/C6H12S4/c1-5-3-7-10-8-4-6(2)9-5/h5-6H,3-4H2,1-2H3. The van der Waals surface area contributed by atoms with Gasteiger partial charge in [0.05, 0.1) is 0 Å². The van der Waals surface area contributed by atoms with Gasteiger partial charge in [-0.1, -0.05) is 35.4 Å². The molecule has 2 unspecified atom stereocenters. The summed E-state index contributed by atoms with van der Waals surface area (Å²) in [5.74, 6) is 2.60. The predicted octanol–water partition coefficient (Wildman–Crippen LogP) is 3.54. The molecule has 1 aliphatic heterocycles. The number of rotatable bonds is 0. The Balaban J connectivity index is 2.25. The molecule has 1 rings (SSSR count). The van der Waals surface area contributed by atoms with E-state index in [1.54, 1.807) is 0 Å². The fourth-order valence-electron chi connectivity index (χ4n) is 0.756. The van der Waals surface area contributed by atoms with Crippen LogP contribution in [0, 0.1) is 0 Å². The average molecular weight is 212 g/mol. The van der Waals surface area contributed by atoms with Gasteiger partial charge in [-0.3, -0.25) is 0 Å². The van der Waals surface area contributed by atoms with Crippen molar-refractivity contribution in [3.05, 3.63) is 0 Å². The van der Waals surface area contributed by atoms with E-state index in [1.807, 2.05) is 31.4 Å². The van der Waals surface area contributed by atoms with E-state index in [-0.39, 0.29) is 0 Å². The van der Waals surface area contributed by atoms with Crippen molar-refractivity contribution < 1.29 is 0 Å². The van der Waals surface area contributed by atoms with Crippen molar-refractivity contribution >= 4 is 43.2 Å². The van der Waals surface area contributed by atoms with Gasteiger partial charge in [-0.25, -0.2) is 0 Å². The van der Waals surface area contributed by atoms with Crippen LogP contribution in [0.15, 0.2) is 0 Å². The Kier molecular flexibility index (Phi) is 4.86. The third-order valence-corrected chi connectivity index (χ3v) is 7.44. The molecule has 4 heteroatoms. The highest BCUT2D eigenvalue weighted by atomic mass is 33.5. The molecule has 0 aromatic carbocycles. The molecule has 1 saturated heterocycles. The molecule has 1 aliphatic rings. The van der Waals surface area contributed by atoms with Crippen molar-refractivity contribution in [1.82, 2.24) is 0 Å². The molecule has 2 atom stereocenters. The second kappa shape index (κ2) is 5.12. The zero-order valence-corrected chi connectivity index (χ0v) is 9.47. The highest BCUT2D eigenvalue weighted by Gasteiger charge is 2.12. The van der Waals surface area contributed by atoms with Gasteiger partial charge >= 0.3 is 0 Å². The summed E-state index contributed by atoms with van der Waals surface area (Å²) in [5.41, 5.74) is 0. The first kappa shape index (κ1) is 9.49. The lowest BCUT2D eigenvalue weighted by Gasteiger charge is -2.18. The van der Waals surface area contributed by atoms with Crippen LogP contribution in [0.2, 0.25) is 0 Å². The quantitative estimate of drug-likeness (QED) is 0.563. The lowest BCUT2D eigenvalue weighted by Crippen LogP contribution is -2.10. The molecule has 0 N–H and O–H groups in total. The molecule has 0 aromatic heterocycles. The number of hydrogen-bond acceptors (Lipinski definition) is 4. The normalized spacial score (nSPS) is 36.6. The van der Waals surface area contributed by atoms with E-state index in [2.05, 4.69) is 25.6 Å². The van der Waals surface area contributed by atoms with Crippen LogP contribution < -0.4 is 0 Å². The summed E-state index contributed by atoms with van der Waals surface area (Å²) in [5, 5.41) is 1.68. The Morgan fingerprint density at radius 1 is 1.00 bits per heavy atom. The maximum absolute atomic E-state index is 2.32. The van der Waals surface area contributed by atoms with Crippen LogP contribution in [-0.4, -0.2) is 22.0 Å². The van der Waals surface area contributed by atoms with Crippen LogP contribution in [-0.2, 0) is 0 Å². The first-order valence-electron chi connectivity index (χ1n) is 3.35. The molecule has 0 bridgehead atoms. The zero-order chi connectivity index (χ0) is 7.40. The molecule has 10 heavy (non-hydrogen) atoms. The van der Waals surface area contributed by atoms with Crippen LogP contribution >= 0.6 is 43.2 Å². The van der Waals surface area contributed by atoms with Crippen LogP contribution in [0.4, 0.5) is 0 Å². The minimum atomic E-state index is 0.841. The fourth-order valence-corrected chi connectivity index (χ4v) is 7.04. The Bertz CT molecular complexity index is 85.7. The largest absolute Gasteiger partial charge is 0.154 e. The monoisotopic (exact) mass is 212 g/mol. The Morgan fingerprint density at radius 3 is 2.00 bits per heavy atom. The molecule has 0 aromatic rings. The fraction of sp³-hybridized carbons (Fsp3) is 1.00. The van der Waals surface area contributed by atoms with E-state index in [0.717, 1.165) is 10.5 Å². The molecule has 0 aliphatic carbocycles. The Hall–Kier alpha value is 1.40. The van der Waals surface area contributed by atoms with Crippen molar-refractivity contribution in [3.8, 4) is 0 Å². The topological polar surface area (TPSA) is 0 Å². The minimum absolute atomic E-state index is 0.841. The summed E-state index contributed by atoms with van der Waals surface area (Å²) < 4.78 is 0. The maximum atomic E-state index is 2.32. The van der Waals surface area contributed by atoms with Crippen LogP contribution in [0.3, 0.4) is 0 Å². The van der Waals surface area contributed by atoms with Gasteiger partial charge in [0, 0.05) is 22.0 Å². The minimum Gasteiger partial charge on any atom is -0.154 e. The number of thioether (sulfide) groups is 1. The Morgan fingerprint density at radius 2 is 1.50 bits per heavy atom. The van der Waals surface area contributed by atoms with Crippen molar-refractivity contribution in [2.45, 2.75) is 24.3 Å². The smallest absolute Gasteiger partial charge is 0.0162 e.